The molecule has 0 spiro atoms. The van der Waals surface area contributed by atoms with Crippen molar-refractivity contribution < 1.29 is 23.8 Å². The number of ketones is 1. The Hall–Kier alpha value is -1.29. The summed E-state index contributed by atoms with van der Waals surface area (Å²) in [5.41, 5.74) is -0.620. The average Bonchev–Trinajstić information content (AvgIpc) is 2.97. The van der Waals surface area contributed by atoms with Crippen molar-refractivity contribution in [3.8, 4) is 5.75 Å². The van der Waals surface area contributed by atoms with Gasteiger partial charge in [-0.15, -0.1) is 0 Å². The van der Waals surface area contributed by atoms with Gasteiger partial charge >= 0.3 is 0 Å². The predicted octanol–water partition coefficient (Wildman–Crippen LogP) is 7.29. The van der Waals surface area contributed by atoms with Crippen LogP contribution in [0.25, 0.3) is 0 Å². The number of carbonyl (C=O) groups is 1. The van der Waals surface area contributed by atoms with E-state index in [1.807, 2.05) is 36.4 Å². The van der Waals surface area contributed by atoms with Gasteiger partial charge in [0.1, 0.15) is 5.75 Å². The number of carbonyl (C=O) groups excluding carboxylic acids is 1. The highest BCUT2D eigenvalue weighted by Gasteiger charge is 2.48. The molecule has 240 valence electrons. The number of benzene rings is 2. The molecule has 0 saturated heterocycles. The first kappa shape index (κ1) is 36.2. The van der Waals surface area contributed by atoms with Gasteiger partial charge in [0.25, 0.3) is 0 Å². The third-order valence-electron chi connectivity index (χ3n) is 8.42. The van der Waals surface area contributed by atoms with E-state index in [0.717, 1.165) is 52.1 Å². The second-order valence-corrected chi connectivity index (χ2v) is 14.0. The molecular weight excluding hydrogens is 780 g/mol. The molecule has 0 heterocycles. The molecule has 43 heavy (non-hydrogen) atoms. The van der Waals surface area contributed by atoms with Gasteiger partial charge in [0, 0.05) is 26.8 Å². The molecule has 1 aliphatic rings. The lowest BCUT2D eigenvalue weighted by Crippen LogP contribution is -2.36. The van der Waals surface area contributed by atoms with Crippen molar-refractivity contribution in [2.45, 2.75) is 82.9 Å². The summed E-state index contributed by atoms with van der Waals surface area (Å²) in [6.45, 7) is 17.6. The number of halogens is 4. The second-order valence-electron chi connectivity index (χ2n) is 11.3. The van der Waals surface area contributed by atoms with E-state index in [2.05, 4.69) is 48.1 Å². The minimum absolute atomic E-state index is 0.0264. The number of nitrogens with one attached hydrogen (secondary N) is 2. The summed E-state index contributed by atoms with van der Waals surface area (Å²) in [5, 5.41) is 29.1. The Labute approximate surface area is 282 Å². The molecule has 0 aromatic heterocycles. The molecule has 4 N–H and O–H groups in total. The van der Waals surface area contributed by atoms with Crippen LogP contribution in [0, 0.1) is 15.2 Å². The molecule has 3 unspecified atom stereocenters. The molecule has 2 aromatic rings. The number of anilines is 2. The van der Waals surface area contributed by atoms with Crippen molar-refractivity contribution in [1.29, 1.82) is 0 Å². The van der Waals surface area contributed by atoms with Crippen LogP contribution < -0.4 is 10.6 Å². The van der Waals surface area contributed by atoms with Gasteiger partial charge in [-0.25, -0.2) is 8.78 Å². The largest absolute Gasteiger partial charge is 0.507 e. The summed E-state index contributed by atoms with van der Waals surface area (Å²) in [6.07, 6.45) is 3.02. The zero-order valence-corrected chi connectivity index (χ0v) is 30.4. The van der Waals surface area contributed by atoms with Crippen LogP contribution in [0.15, 0.2) is 12.1 Å². The van der Waals surface area contributed by atoms with Gasteiger partial charge in [-0.2, -0.15) is 0 Å². The lowest BCUT2D eigenvalue weighted by Gasteiger charge is -2.36. The maximum Gasteiger partial charge on any atom is 0.199 e. The first-order valence-corrected chi connectivity index (χ1v) is 17.5. The topological polar surface area (TPSA) is 88.1 Å². The number of alkyl halides is 1. The van der Waals surface area contributed by atoms with E-state index in [-0.39, 0.29) is 51.5 Å². The van der Waals surface area contributed by atoms with Crippen LogP contribution >= 0.6 is 45.2 Å². The Morgan fingerprint density at radius 1 is 0.837 bits per heavy atom. The average molecular weight is 827 g/mol. The van der Waals surface area contributed by atoms with Crippen molar-refractivity contribution in [1.82, 2.24) is 9.80 Å². The number of rotatable bonds is 16. The van der Waals surface area contributed by atoms with Gasteiger partial charge in [-0.05, 0) is 136 Å². The Morgan fingerprint density at radius 3 is 1.79 bits per heavy atom. The second kappa shape index (κ2) is 15.8. The molecule has 1 aliphatic carbocycles. The van der Waals surface area contributed by atoms with Gasteiger partial charge in [0.15, 0.2) is 21.0 Å². The van der Waals surface area contributed by atoms with Crippen LogP contribution in [-0.2, 0) is 3.61 Å². The Kier molecular flexibility index (Phi) is 13.3. The van der Waals surface area contributed by atoms with Gasteiger partial charge in [-0.3, -0.25) is 4.79 Å². The van der Waals surface area contributed by atoms with Gasteiger partial charge in [0.2, 0.25) is 0 Å². The van der Waals surface area contributed by atoms with E-state index in [9.17, 15) is 15.0 Å². The standard InChI is InChI=1S/C32H46F2I2N4O3/c1-7-39(8-2)17-11-13-19(5)37-29-24-26(32(36,43)25-21(35)15-16-22(41)23(25)31(24)42)30(28(34)27(29)33)38-20(6)14-12-18-40(9-3)10-4/h15-16,19-20,37-38,41,43H,7-14,17-18H2,1-6H3. The van der Waals surface area contributed by atoms with Crippen molar-refractivity contribution in [2.75, 3.05) is 49.9 Å². The Morgan fingerprint density at radius 2 is 1.30 bits per heavy atom. The first-order chi connectivity index (χ1) is 20.3. The highest BCUT2D eigenvalue weighted by Crippen LogP contribution is 2.54. The molecular formula is C32H46F2I2N4O3. The molecule has 0 bridgehead atoms. The van der Waals surface area contributed by atoms with Crippen LogP contribution in [0.5, 0.6) is 5.75 Å². The number of hydrogen-bond donors (Lipinski definition) is 4. The minimum atomic E-state index is -1.92. The fourth-order valence-electron chi connectivity index (χ4n) is 5.85. The molecule has 0 aliphatic heterocycles. The summed E-state index contributed by atoms with van der Waals surface area (Å²) in [7, 11) is 0. The zero-order valence-electron chi connectivity index (χ0n) is 26.1. The third kappa shape index (κ3) is 7.93. The summed E-state index contributed by atoms with van der Waals surface area (Å²) in [4.78, 5) is 18.7. The van der Waals surface area contributed by atoms with Crippen molar-refractivity contribution >= 4 is 62.3 Å². The number of phenols is 1. The van der Waals surface area contributed by atoms with E-state index >= 15 is 8.78 Å². The predicted molar refractivity (Wildman–Crippen MR) is 188 cm³/mol. The van der Waals surface area contributed by atoms with Crippen LogP contribution in [0.3, 0.4) is 0 Å². The van der Waals surface area contributed by atoms with E-state index in [0.29, 0.717) is 16.4 Å². The van der Waals surface area contributed by atoms with Gasteiger partial charge in [0.05, 0.1) is 22.5 Å². The highest BCUT2D eigenvalue weighted by atomic mass is 127. The third-order valence-corrected chi connectivity index (χ3v) is 10.4. The molecule has 0 radical (unpaired) electrons. The van der Waals surface area contributed by atoms with Crippen molar-refractivity contribution in [3.05, 3.63) is 49.6 Å². The van der Waals surface area contributed by atoms with E-state index in [4.69, 9.17) is 0 Å². The van der Waals surface area contributed by atoms with Gasteiger partial charge in [-0.1, -0.05) is 27.7 Å². The lowest BCUT2D eigenvalue weighted by atomic mass is 9.80. The van der Waals surface area contributed by atoms with Crippen LogP contribution in [0.1, 0.15) is 94.3 Å². The normalized spacial score (nSPS) is 17.7. The molecule has 11 heteroatoms. The van der Waals surface area contributed by atoms with Crippen molar-refractivity contribution in [2.24, 2.45) is 0 Å². The smallest absolute Gasteiger partial charge is 0.199 e. The Bertz CT molecular complexity index is 1290. The molecule has 2 aromatic carbocycles. The first-order valence-electron chi connectivity index (χ1n) is 15.3. The number of phenolic OH excluding ortho intramolecular Hbond substituents is 1. The fourth-order valence-corrected chi connectivity index (χ4v) is 8.30. The molecule has 0 amide bonds. The summed E-state index contributed by atoms with van der Waals surface area (Å²) >= 11 is 3.77. The summed E-state index contributed by atoms with van der Waals surface area (Å²) in [5.74, 6) is -3.30. The number of nitrogens with zero attached hydrogens (tertiary/aromatic N) is 2. The lowest BCUT2D eigenvalue weighted by molar-refractivity contribution is 0.101. The van der Waals surface area contributed by atoms with Crippen molar-refractivity contribution in [3.63, 3.8) is 0 Å². The minimum Gasteiger partial charge on any atom is -0.507 e. The van der Waals surface area contributed by atoms with E-state index in [1.165, 1.54) is 6.07 Å². The fraction of sp³-hybridized carbons (Fsp3) is 0.594. The number of hydrogen-bond acceptors (Lipinski definition) is 7. The molecule has 0 saturated carbocycles. The number of fused-ring (bicyclic) bond motifs is 2. The van der Waals surface area contributed by atoms with Crippen LogP contribution in [0.4, 0.5) is 20.2 Å². The monoisotopic (exact) mass is 826 g/mol. The molecule has 0 fully saturated rings. The SMILES string of the molecule is CCN(CC)CCCC(C)Nc1c(F)c(F)c(NC(C)CCCN(CC)CC)c2c1C(=O)c1c(O)ccc(I)c1C2(O)I. The Balaban J connectivity index is 2.09. The van der Waals surface area contributed by atoms with Crippen LogP contribution in [0.2, 0.25) is 0 Å². The quantitative estimate of drug-likeness (QED) is 0.105. The summed E-state index contributed by atoms with van der Waals surface area (Å²) < 4.78 is 30.8. The number of aliphatic hydroxyl groups is 1. The van der Waals surface area contributed by atoms with Gasteiger partial charge < -0.3 is 30.6 Å². The highest BCUT2D eigenvalue weighted by molar-refractivity contribution is 14.1. The number of aromatic hydroxyl groups is 1. The zero-order chi connectivity index (χ0) is 32.1. The van der Waals surface area contributed by atoms with E-state index in [1.54, 1.807) is 28.7 Å². The van der Waals surface area contributed by atoms with Crippen LogP contribution in [-0.4, -0.2) is 77.1 Å². The molecule has 7 nitrogen and oxygen atoms in total. The molecule has 3 atom stereocenters. The molecule has 3 rings (SSSR count). The maximum atomic E-state index is 16.1. The maximum absolute atomic E-state index is 16.1. The summed E-state index contributed by atoms with van der Waals surface area (Å²) in [6, 6.07) is 2.43. The van der Waals surface area contributed by atoms with E-state index < -0.39 is 21.0 Å².